The van der Waals surface area contributed by atoms with E-state index in [0.29, 0.717) is 24.4 Å². The lowest BCUT2D eigenvalue weighted by Gasteiger charge is -2.28. The molecule has 1 unspecified atom stereocenters. The normalized spacial score (nSPS) is 17.4. The number of aryl methyl sites for hydroxylation is 2. The molecule has 128 valence electrons. The third kappa shape index (κ3) is 3.87. The summed E-state index contributed by atoms with van der Waals surface area (Å²) in [6.07, 6.45) is 2.22. The molecule has 0 aliphatic carbocycles. The Hall–Kier alpha value is -1.96. The van der Waals surface area contributed by atoms with Gasteiger partial charge in [-0.1, -0.05) is 6.92 Å². The van der Waals surface area contributed by atoms with Crippen molar-refractivity contribution in [2.75, 3.05) is 19.6 Å². The summed E-state index contributed by atoms with van der Waals surface area (Å²) in [5, 5.41) is 18.5. The molecule has 8 heteroatoms. The van der Waals surface area contributed by atoms with Gasteiger partial charge >= 0.3 is 5.69 Å². The molecule has 1 fully saturated rings. The lowest BCUT2D eigenvalue weighted by atomic mass is 10.2. The second-order valence-corrected chi connectivity index (χ2v) is 5.98. The number of nitrogens with zero attached hydrogens (tertiary/aromatic N) is 4. The third-order valence-corrected chi connectivity index (χ3v) is 4.32. The van der Waals surface area contributed by atoms with Gasteiger partial charge in [-0.25, -0.2) is 0 Å². The number of hydrogen-bond acceptors (Lipinski definition) is 5. The highest BCUT2D eigenvalue weighted by Gasteiger charge is 2.26. The van der Waals surface area contributed by atoms with Crippen LogP contribution in [0.15, 0.2) is 0 Å². The number of aromatic nitrogens is 2. The van der Waals surface area contributed by atoms with E-state index in [1.807, 2.05) is 4.90 Å². The van der Waals surface area contributed by atoms with E-state index in [4.69, 9.17) is 0 Å². The molecular weight excluding hydrogens is 298 g/mol. The molecule has 1 aromatic heterocycles. The molecule has 2 rings (SSSR count). The summed E-state index contributed by atoms with van der Waals surface area (Å²) in [6.45, 7) is 8.28. The van der Waals surface area contributed by atoms with E-state index in [1.54, 1.807) is 18.5 Å². The molecule has 1 saturated heterocycles. The highest BCUT2D eigenvalue weighted by molar-refractivity contribution is 5.76. The highest BCUT2D eigenvalue weighted by atomic mass is 16.6. The second-order valence-electron chi connectivity index (χ2n) is 5.98. The Morgan fingerprint density at radius 3 is 2.78 bits per heavy atom. The monoisotopic (exact) mass is 323 g/mol. The zero-order valence-electron chi connectivity index (χ0n) is 14.0. The van der Waals surface area contributed by atoms with Crippen molar-refractivity contribution in [1.82, 2.24) is 20.0 Å². The Morgan fingerprint density at radius 2 is 2.26 bits per heavy atom. The molecule has 8 nitrogen and oxygen atoms in total. The fraction of sp³-hybridized carbons (Fsp3) is 0.733. The maximum absolute atomic E-state index is 12.6. The molecule has 1 amide bonds. The van der Waals surface area contributed by atoms with Gasteiger partial charge in [-0.05, 0) is 33.2 Å². The first-order valence-electron chi connectivity index (χ1n) is 8.14. The summed E-state index contributed by atoms with van der Waals surface area (Å²) >= 11 is 0. The maximum atomic E-state index is 12.6. The van der Waals surface area contributed by atoms with Crippen molar-refractivity contribution in [3.8, 4) is 0 Å². The molecule has 0 spiro atoms. The Balaban J connectivity index is 2.02. The summed E-state index contributed by atoms with van der Waals surface area (Å²) in [7, 11) is 0. The first kappa shape index (κ1) is 17.4. The van der Waals surface area contributed by atoms with E-state index in [9.17, 15) is 14.9 Å². The summed E-state index contributed by atoms with van der Waals surface area (Å²) < 4.78 is 1.57. The minimum atomic E-state index is -0.413. The van der Waals surface area contributed by atoms with Crippen LogP contribution in [-0.2, 0) is 11.3 Å². The number of rotatable bonds is 7. The molecular formula is C15H25N5O3. The lowest BCUT2D eigenvalue weighted by Crippen LogP contribution is -2.42. The van der Waals surface area contributed by atoms with E-state index < -0.39 is 4.92 Å². The Labute approximate surface area is 136 Å². The first-order valence-corrected chi connectivity index (χ1v) is 8.14. The largest absolute Gasteiger partial charge is 0.338 e. The summed E-state index contributed by atoms with van der Waals surface area (Å²) in [4.78, 5) is 25.1. The van der Waals surface area contributed by atoms with Crippen LogP contribution in [0.5, 0.6) is 0 Å². The average molecular weight is 323 g/mol. The number of hydrogen-bond donors (Lipinski definition) is 1. The fourth-order valence-corrected chi connectivity index (χ4v) is 3.17. The summed E-state index contributed by atoms with van der Waals surface area (Å²) in [5.74, 6) is 0.0933. The lowest BCUT2D eigenvalue weighted by molar-refractivity contribution is -0.386. The van der Waals surface area contributed by atoms with Gasteiger partial charge < -0.3 is 10.2 Å². The van der Waals surface area contributed by atoms with Crippen molar-refractivity contribution in [2.24, 2.45) is 0 Å². The van der Waals surface area contributed by atoms with Crippen molar-refractivity contribution in [2.45, 2.75) is 52.6 Å². The highest BCUT2D eigenvalue weighted by Crippen LogP contribution is 2.22. The second kappa shape index (κ2) is 7.54. The molecule has 1 atom stereocenters. The number of nitro groups is 1. The standard InChI is InChI=1S/C15H25N5O3/c1-4-8-18(13-5-7-16-10-13)14(21)6-9-19-12(3)15(20(22)23)11(2)17-19/h13,16H,4-10H2,1-3H3. The van der Waals surface area contributed by atoms with Crippen LogP contribution >= 0.6 is 0 Å². The maximum Gasteiger partial charge on any atom is 0.312 e. The van der Waals surface area contributed by atoms with Gasteiger partial charge in [0.05, 0.1) is 11.5 Å². The van der Waals surface area contributed by atoms with Crippen LogP contribution in [0, 0.1) is 24.0 Å². The van der Waals surface area contributed by atoms with Gasteiger partial charge in [-0.15, -0.1) is 0 Å². The smallest absolute Gasteiger partial charge is 0.312 e. The summed E-state index contributed by atoms with van der Waals surface area (Å²) in [6, 6.07) is 0.261. The minimum absolute atomic E-state index is 0.0443. The molecule has 1 N–H and O–H groups in total. The van der Waals surface area contributed by atoms with Gasteiger partial charge in [0.1, 0.15) is 11.4 Å². The number of carbonyl (C=O) groups excluding carboxylic acids is 1. The minimum Gasteiger partial charge on any atom is -0.338 e. The Bertz CT molecular complexity index is 578. The number of amides is 1. The average Bonchev–Trinajstić information content (AvgIpc) is 3.10. The molecule has 1 aromatic rings. The van der Waals surface area contributed by atoms with E-state index in [-0.39, 0.29) is 17.6 Å². The fourth-order valence-electron chi connectivity index (χ4n) is 3.17. The zero-order chi connectivity index (χ0) is 17.0. The van der Waals surface area contributed by atoms with E-state index >= 15 is 0 Å². The van der Waals surface area contributed by atoms with Crippen LogP contribution in [0.3, 0.4) is 0 Å². The molecule has 0 saturated carbocycles. The first-order chi connectivity index (χ1) is 11.0. The number of carbonyl (C=O) groups is 1. The molecule has 1 aliphatic rings. The van der Waals surface area contributed by atoms with Crippen molar-refractivity contribution in [1.29, 1.82) is 0 Å². The summed E-state index contributed by atoms with van der Waals surface area (Å²) in [5.41, 5.74) is 0.943. The van der Waals surface area contributed by atoms with Crippen LogP contribution in [0.4, 0.5) is 5.69 Å². The molecule has 1 aliphatic heterocycles. The van der Waals surface area contributed by atoms with Crippen molar-refractivity contribution >= 4 is 11.6 Å². The van der Waals surface area contributed by atoms with Gasteiger partial charge in [-0.2, -0.15) is 5.10 Å². The Morgan fingerprint density at radius 1 is 1.52 bits per heavy atom. The van der Waals surface area contributed by atoms with Gasteiger partial charge in [-0.3, -0.25) is 19.6 Å². The molecule has 0 radical (unpaired) electrons. The van der Waals surface area contributed by atoms with Gasteiger partial charge in [0.25, 0.3) is 0 Å². The van der Waals surface area contributed by atoms with Gasteiger partial charge in [0.15, 0.2) is 0 Å². The van der Waals surface area contributed by atoms with Gasteiger partial charge in [0, 0.05) is 25.6 Å². The quantitative estimate of drug-likeness (QED) is 0.605. The predicted molar refractivity (Wildman–Crippen MR) is 86.3 cm³/mol. The van der Waals surface area contributed by atoms with E-state index in [1.165, 1.54) is 0 Å². The zero-order valence-corrected chi connectivity index (χ0v) is 14.0. The van der Waals surface area contributed by atoms with Crippen LogP contribution in [-0.4, -0.2) is 51.2 Å². The molecule has 0 aromatic carbocycles. The van der Waals surface area contributed by atoms with E-state index in [0.717, 1.165) is 32.5 Å². The predicted octanol–water partition coefficient (Wildman–Crippen LogP) is 1.40. The van der Waals surface area contributed by atoms with Crippen molar-refractivity contribution in [3.05, 3.63) is 21.5 Å². The SMILES string of the molecule is CCCN(C(=O)CCn1nc(C)c([N+](=O)[O-])c1C)C1CCNC1. The van der Waals surface area contributed by atoms with Crippen LogP contribution < -0.4 is 5.32 Å². The van der Waals surface area contributed by atoms with Crippen LogP contribution in [0.2, 0.25) is 0 Å². The van der Waals surface area contributed by atoms with Crippen LogP contribution in [0.25, 0.3) is 0 Å². The number of nitrogens with one attached hydrogen (secondary N) is 1. The van der Waals surface area contributed by atoms with Gasteiger partial charge in [0.2, 0.25) is 5.91 Å². The van der Waals surface area contributed by atoms with Crippen molar-refractivity contribution < 1.29 is 9.72 Å². The van der Waals surface area contributed by atoms with Crippen molar-refractivity contribution in [3.63, 3.8) is 0 Å². The van der Waals surface area contributed by atoms with Crippen LogP contribution in [0.1, 0.15) is 37.6 Å². The molecule has 0 bridgehead atoms. The molecule has 23 heavy (non-hydrogen) atoms. The molecule has 2 heterocycles. The Kier molecular flexibility index (Phi) is 5.70. The van der Waals surface area contributed by atoms with E-state index in [2.05, 4.69) is 17.3 Å². The topological polar surface area (TPSA) is 93.3 Å². The third-order valence-electron chi connectivity index (χ3n) is 4.32.